The first-order valence-electron chi connectivity index (χ1n) is 6.87. The molecule has 0 amide bonds. The first-order chi connectivity index (χ1) is 8.33. The Morgan fingerprint density at radius 3 is 1.88 bits per heavy atom. The lowest BCUT2D eigenvalue weighted by molar-refractivity contribution is -0.108. The average Bonchev–Trinajstić information content (AvgIpc) is 2.36. The van der Waals surface area contributed by atoms with Crippen LogP contribution in [0.2, 0.25) is 0 Å². The monoisotopic (exact) mass is 240 g/mol. The van der Waals surface area contributed by atoms with Crippen molar-refractivity contribution in [1.82, 2.24) is 0 Å². The van der Waals surface area contributed by atoms with E-state index in [4.69, 9.17) is 0 Å². The van der Waals surface area contributed by atoms with Crippen molar-refractivity contribution >= 4 is 12.6 Å². The molecule has 0 saturated heterocycles. The minimum Gasteiger partial charge on any atom is -0.303 e. The molecule has 0 saturated carbocycles. The fraction of sp³-hybridized carbons (Fsp3) is 0.733. The number of carbonyl (C=O) groups is 2. The highest BCUT2D eigenvalue weighted by atomic mass is 16.1. The van der Waals surface area contributed by atoms with Gasteiger partial charge in [-0.15, -0.1) is 0 Å². The molecule has 0 aromatic rings. The predicted molar refractivity (Wildman–Crippen MR) is 74.2 cm³/mol. The van der Waals surface area contributed by atoms with Crippen LogP contribution in [0, 0.1) is 0 Å². The Bertz CT molecular complexity index is 174. The lowest BCUT2D eigenvalue weighted by atomic mass is 10.2. The maximum absolute atomic E-state index is 9.77. The van der Waals surface area contributed by atoms with Gasteiger partial charge in [-0.2, -0.15) is 0 Å². The van der Waals surface area contributed by atoms with Gasteiger partial charge in [0.15, 0.2) is 0 Å². The molecule has 0 rings (SSSR count). The summed E-state index contributed by atoms with van der Waals surface area (Å²) in [4.78, 5) is 19.5. The maximum Gasteiger partial charge on any atom is 0.142 e. The molecule has 0 radical (unpaired) electrons. The second kappa shape index (κ2) is 20.5. The normalized spacial score (nSPS) is 9.76. The molecular formula is C15H28O2. The van der Waals surface area contributed by atoms with Crippen LogP contribution >= 0.6 is 0 Å². The molecule has 0 N–H and O–H groups in total. The molecule has 0 aliphatic heterocycles. The first-order valence-corrected chi connectivity index (χ1v) is 6.87. The van der Waals surface area contributed by atoms with Gasteiger partial charge < -0.3 is 4.79 Å². The van der Waals surface area contributed by atoms with Crippen molar-refractivity contribution in [2.24, 2.45) is 0 Å². The molecule has 0 atom stereocenters. The molecule has 17 heavy (non-hydrogen) atoms. The highest BCUT2D eigenvalue weighted by Gasteiger charge is 1.83. The van der Waals surface area contributed by atoms with Crippen LogP contribution in [0.4, 0.5) is 0 Å². The van der Waals surface area contributed by atoms with E-state index in [1.165, 1.54) is 38.5 Å². The summed E-state index contributed by atoms with van der Waals surface area (Å²) in [6.07, 6.45) is 15.6. The van der Waals surface area contributed by atoms with E-state index in [9.17, 15) is 9.59 Å². The molecule has 0 aromatic heterocycles. The van der Waals surface area contributed by atoms with E-state index in [0.717, 1.165) is 31.8 Å². The Hall–Kier alpha value is -0.920. The van der Waals surface area contributed by atoms with Crippen LogP contribution in [0.1, 0.15) is 71.6 Å². The van der Waals surface area contributed by atoms with Crippen molar-refractivity contribution in [1.29, 1.82) is 0 Å². The van der Waals surface area contributed by atoms with Crippen LogP contribution < -0.4 is 0 Å². The van der Waals surface area contributed by atoms with Gasteiger partial charge in [-0.25, -0.2) is 0 Å². The zero-order valence-electron chi connectivity index (χ0n) is 11.5. The van der Waals surface area contributed by atoms with E-state index in [2.05, 4.69) is 13.8 Å². The van der Waals surface area contributed by atoms with Gasteiger partial charge in [0.05, 0.1) is 0 Å². The molecule has 0 fully saturated rings. The lowest BCUT2D eigenvalue weighted by Crippen LogP contribution is -1.76. The van der Waals surface area contributed by atoms with Crippen LogP contribution in [0.3, 0.4) is 0 Å². The molecule has 0 spiro atoms. The van der Waals surface area contributed by atoms with Crippen molar-refractivity contribution in [2.75, 3.05) is 0 Å². The molecule has 2 heteroatoms. The second-order valence-corrected chi connectivity index (χ2v) is 4.08. The van der Waals surface area contributed by atoms with Gasteiger partial charge >= 0.3 is 0 Å². The Morgan fingerprint density at radius 1 is 0.765 bits per heavy atom. The molecule has 0 aromatic carbocycles. The summed E-state index contributed by atoms with van der Waals surface area (Å²) in [5, 5.41) is 0. The van der Waals surface area contributed by atoms with Crippen molar-refractivity contribution in [3.05, 3.63) is 12.2 Å². The average molecular weight is 240 g/mol. The standard InChI is InChI=1S/C8H14O.C7H14O/c1-2-3-4-5-6-7-8-9;1-2-3-4-5-6-7-8/h6-8H,2-5H2,1H3;7H,2-6H2,1H3/b7-6+;. The minimum atomic E-state index is 0.750. The molecule has 0 aliphatic carbocycles. The second-order valence-electron chi connectivity index (χ2n) is 4.08. The summed E-state index contributed by atoms with van der Waals surface area (Å²) in [5.41, 5.74) is 0. The van der Waals surface area contributed by atoms with Crippen molar-refractivity contribution in [2.45, 2.75) is 71.6 Å². The van der Waals surface area contributed by atoms with Gasteiger partial charge in [0.1, 0.15) is 12.6 Å². The topological polar surface area (TPSA) is 34.1 Å². The summed E-state index contributed by atoms with van der Waals surface area (Å²) in [5.74, 6) is 0. The molecule has 0 bridgehead atoms. The molecule has 2 nitrogen and oxygen atoms in total. The Kier molecular flexibility index (Phi) is 22.2. The van der Waals surface area contributed by atoms with Gasteiger partial charge in [-0.05, 0) is 25.3 Å². The summed E-state index contributed by atoms with van der Waals surface area (Å²) in [6, 6.07) is 0. The number of unbranched alkanes of at least 4 members (excludes halogenated alkanes) is 7. The van der Waals surface area contributed by atoms with E-state index in [-0.39, 0.29) is 0 Å². The molecule has 0 aliphatic rings. The van der Waals surface area contributed by atoms with Crippen LogP contribution in [-0.2, 0) is 9.59 Å². The van der Waals surface area contributed by atoms with Crippen molar-refractivity contribution < 1.29 is 9.59 Å². The Morgan fingerprint density at radius 2 is 1.35 bits per heavy atom. The first kappa shape index (κ1) is 18.4. The van der Waals surface area contributed by atoms with Crippen LogP contribution in [0.25, 0.3) is 0 Å². The van der Waals surface area contributed by atoms with Gasteiger partial charge in [-0.3, -0.25) is 4.79 Å². The number of hydrogen-bond acceptors (Lipinski definition) is 2. The number of allylic oxidation sites excluding steroid dienone is 2. The highest BCUT2D eigenvalue weighted by molar-refractivity contribution is 5.64. The SMILES string of the molecule is CCCCC/C=C/C=O.CCCCCCC=O. The number of aldehydes is 2. The van der Waals surface area contributed by atoms with Gasteiger partial charge in [0, 0.05) is 6.42 Å². The summed E-state index contributed by atoms with van der Waals surface area (Å²) in [7, 11) is 0. The fourth-order valence-electron chi connectivity index (χ4n) is 1.32. The zero-order valence-corrected chi connectivity index (χ0v) is 11.5. The number of carbonyl (C=O) groups excluding carboxylic acids is 2. The molecular weight excluding hydrogens is 212 g/mol. The zero-order chi connectivity index (χ0) is 13.2. The third kappa shape index (κ3) is 25.4. The van der Waals surface area contributed by atoms with Crippen LogP contribution in [0.5, 0.6) is 0 Å². The van der Waals surface area contributed by atoms with Crippen molar-refractivity contribution in [3.8, 4) is 0 Å². The van der Waals surface area contributed by atoms with Gasteiger partial charge in [-0.1, -0.05) is 52.0 Å². The minimum absolute atomic E-state index is 0.750. The summed E-state index contributed by atoms with van der Waals surface area (Å²) < 4.78 is 0. The molecule has 100 valence electrons. The quantitative estimate of drug-likeness (QED) is 0.320. The smallest absolute Gasteiger partial charge is 0.142 e. The van der Waals surface area contributed by atoms with Crippen LogP contribution in [0.15, 0.2) is 12.2 Å². The van der Waals surface area contributed by atoms with E-state index in [1.54, 1.807) is 6.08 Å². The van der Waals surface area contributed by atoms with Gasteiger partial charge in [0.25, 0.3) is 0 Å². The number of rotatable bonds is 10. The third-order valence-corrected chi connectivity index (χ3v) is 2.36. The third-order valence-electron chi connectivity index (χ3n) is 2.36. The molecule has 0 heterocycles. The Labute approximate surface area is 106 Å². The van der Waals surface area contributed by atoms with E-state index >= 15 is 0 Å². The van der Waals surface area contributed by atoms with E-state index in [0.29, 0.717) is 0 Å². The maximum atomic E-state index is 9.77. The van der Waals surface area contributed by atoms with E-state index in [1.807, 2.05) is 6.08 Å². The Balaban J connectivity index is 0. The van der Waals surface area contributed by atoms with E-state index < -0.39 is 0 Å². The largest absolute Gasteiger partial charge is 0.303 e. The predicted octanol–water partition coefficient (Wildman–Crippen LogP) is 4.48. The van der Waals surface area contributed by atoms with Crippen molar-refractivity contribution in [3.63, 3.8) is 0 Å². The summed E-state index contributed by atoms with van der Waals surface area (Å²) >= 11 is 0. The van der Waals surface area contributed by atoms with Gasteiger partial charge in [0.2, 0.25) is 0 Å². The summed E-state index contributed by atoms with van der Waals surface area (Å²) in [6.45, 7) is 4.34. The highest BCUT2D eigenvalue weighted by Crippen LogP contribution is 1.99. The molecule has 0 unspecified atom stereocenters. The fourth-order valence-corrected chi connectivity index (χ4v) is 1.32. The lowest BCUT2D eigenvalue weighted by Gasteiger charge is -1.90. The number of hydrogen-bond donors (Lipinski definition) is 0. The van der Waals surface area contributed by atoms with Crippen LogP contribution in [-0.4, -0.2) is 12.6 Å².